The van der Waals surface area contributed by atoms with E-state index in [9.17, 15) is 5.26 Å². The van der Waals surface area contributed by atoms with Gasteiger partial charge >= 0.3 is 0 Å². The van der Waals surface area contributed by atoms with Gasteiger partial charge in [-0.25, -0.2) is 4.98 Å². The maximum Gasteiger partial charge on any atom is 0.146 e. The molecule has 0 amide bonds. The summed E-state index contributed by atoms with van der Waals surface area (Å²) in [5.41, 5.74) is 0.969. The number of nitrogens with zero attached hydrogens (tertiary/aromatic N) is 3. The van der Waals surface area contributed by atoms with Crippen molar-refractivity contribution >= 4 is 5.82 Å². The van der Waals surface area contributed by atoms with Crippen molar-refractivity contribution in [2.24, 2.45) is 5.41 Å². The Morgan fingerprint density at radius 2 is 1.86 bits per heavy atom. The van der Waals surface area contributed by atoms with E-state index in [1.807, 2.05) is 12.1 Å². The third-order valence-corrected chi connectivity index (χ3v) is 3.97. The molecule has 0 aromatic carbocycles. The average Bonchev–Trinajstić information content (AvgIpc) is 2.47. The fourth-order valence-electron chi connectivity index (χ4n) is 2.75. The highest BCUT2D eigenvalue weighted by Crippen LogP contribution is 2.27. The molecular formula is C19H31N3. The first-order valence-electron chi connectivity index (χ1n) is 8.54. The monoisotopic (exact) mass is 301 g/mol. The molecule has 0 fully saturated rings. The standard InChI is InChI=1S/C19H31N3/c1-6-9-17(10-7-2)22(14-12-19(3,4)5)18-16(15-20)11-8-13-21-18/h8,11,13,17H,6-7,9-10,12,14H2,1-5H3. The number of anilines is 1. The molecule has 0 radical (unpaired) electrons. The minimum atomic E-state index is 0.281. The summed E-state index contributed by atoms with van der Waals surface area (Å²) in [6, 6.07) is 6.50. The molecule has 0 saturated heterocycles. The second kappa shape index (κ2) is 8.78. The van der Waals surface area contributed by atoms with Crippen molar-refractivity contribution in [3.8, 4) is 6.07 Å². The van der Waals surface area contributed by atoms with E-state index in [1.54, 1.807) is 6.20 Å². The summed E-state index contributed by atoms with van der Waals surface area (Å²) < 4.78 is 0. The number of hydrogen-bond acceptors (Lipinski definition) is 3. The van der Waals surface area contributed by atoms with Gasteiger partial charge in [-0.2, -0.15) is 5.26 Å². The molecular weight excluding hydrogens is 270 g/mol. The summed E-state index contributed by atoms with van der Waals surface area (Å²) in [5.74, 6) is 0.862. The molecule has 0 unspecified atom stereocenters. The molecule has 22 heavy (non-hydrogen) atoms. The Morgan fingerprint density at radius 1 is 1.23 bits per heavy atom. The van der Waals surface area contributed by atoms with Crippen molar-refractivity contribution in [3.63, 3.8) is 0 Å². The third kappa shape index (κ3) is 5.67. The maximum atomic E-state index is 9.42. The van der Waals surface area contributed by atoms with Crippen LogP contribution in [0.15, 0.2) is 18.3 Å². The van der Waals surface area contributed by atoms with Gasteiger partial charge in [0.15, 0.2) is 0 Å². The quantitative estimate of drug-likeness (QED) is 0.665. The van der Waals surface area contributed by atoms with Crippen molar-refractivity contribution in [3.05, 3.63) is 23.9 Å². The van der Waals surface area contributed by atoms with Gasteiger partial charge in [0.1, 0.15) is 11.9 Å². The zero-order chi connectivity index (χ0) is 16.6. The predicted octanol–water partition coefficient (Wildman–Crippen LogP) is 5.16. The van der Waals surface area contributed by atoms with E-state index in [4.69, 9.17) is 0 Å². The van der Waals surface area contributed by atoms with Crippen molar-refractivity contribution in [1.82, 2.24) is 4.98 Å². The van der Waals surface area contributed by atoms with Gasteiger partial charge in [-0.15, -0.1) is 0 Å². The van der Waals surface area contributed by atoms with E-state index in [0.717, 1.165) is 44.5 Å². The zero-order valence-corrected chi connectivity index (χ0v) is 14.9. The average molecular weight is 301 g/mol. The normalized spacial score (nSPS) is 11.5. The molecule has 122 valence electrons. The molecule has 3 nitrogen and oxygen atoms in total. The van der Waals surface area contributed by atoms with Crippen molar-refractivity contribution in [2.45, 2.75) is 72.8 Å². The minimum Gasteiger partial charge on any atom is -0.353 e. The molecule has 0 saturated carbocycles. The summed E-state index contributed by atoms with van der Waals surface area (Å²) in [4.78, 5) is 6.93. The largest absolute Gasteiger partial charge is 0.353 e. The van der Waals surface area contributed by atoms with E-state index in [2.05, 4.69) is 50.6 Å². The van der Waals surface area contributed by atoms with Crippen molar-refractivity contribution in [1.29, 1.82) is 5.26 Å². The minimum absolute atomic E-state index is 0.281. The molecule has 0 N–H and O–H groups in total. The smallest absolute Gasteiger partial charge is 0.146 e. The van der Waals surface area contributed by atoms with Gasteiger partial charge in [0, 0.05) is 18.8 Å². The highest BCUT2D eigenvalue weighted by molar-refractivity contribution is 5.54. The number of rotatable bonds is 8. The van der Waals surface area contributed by atoms with Gasteiger partial charge in [0.05, 0.1) is 5.56 Å². The second-order valence-corrected chi connectivity index (χ2v) is 7.22. The van der Waals surface area contributed by atoms with Crippen LogP contribution in [0.5, 0.6) is 0 Å². The number of nitriles is 1. The van der Waals surface area contributed by atoms with Crippen LogP contribution in [0, 0.1) is 16.7 Å². The van der Waals surface area contributed by atoms with Crippen molar-refractivity contribution in [2.75, 3.05) is 11.4 Å². The Hall–Kier alpha value is -1.56. The molecule has 0 bridgehead atoms. The summed E-state index contributed by atoms with van der Waals surface area (Å²) in [6.45, 7) is 12.2. The Bertz CT molecular complexity index is 476. The lowest BCUT2D eigenvalue weighted by molar-refractivity contribution is 0.364. The van der Waals surface area contributed by atoms with Crippen LogP contribution in [-0.2, 0) is 0 Å². The van der Waals surface area contributed by atoms with Crippen LogP contribution in [-0.4, -0.2) is 17.6 Å². The van der Waals surface area contributed by atoms with Gasteiger partial charge in [-0.1, -0.05) is 47.5 Å². The third-order valence-electron chi connectivity index (χ3n) is 3.97. The lowest BCUT2D eigenvalue weighted by atomic mass is 9.91. The molecule has 3 heteroatoms. The van der Waals surface area contributed by atoms with Crippen LogP contribution in [0.25, 0.3) is 0 Å². The maximum absolute atomic E-state index is 9.42. The fourth-order valence-corrected chi connectivity index (χ4v) is 2.75. The van der Waals surface area contributed by atoms with E-state index in [-0.39, 0.29) is 5.41 Å². The highest BCUT2D eigenvalue weighted by Gasteiger charge is 2.23. The molecule has 0 aliphatic rings. The Balaban J connectivity index is 3.11. The van der Waals surface area contributed by atoms with E-state index < -0.39 is 0 Å². The summed E-state index contributed by atoms with van der Waals surface area (Å²) in [5, 5.41) is 9.42. The van der Waals surface area contributed by atoms with Crippen LogP contribution in [0.2, 0.25) is 0 Å². The number of hydrogen-bond donors (Lipinski definition) is 0. The van der Waals surface area contributed by atoms with Gasteiger partial charge in [0.2, 0.25) is 0 Å². The fraction of sp³-hybridized carbons (Fsp3) is 0.684. The number of pyridine rings is 1. The molecule has 0 aliphatic carbocycles. The topological polar surface area (TPSA) is 39.9 Å². The lowest BCUT2D eigenvalue weighted by Gasteiger charge is -2.35. The van der Waals surface area contributed by atoms with E-state index in [0.29, 0.717) is 11.6 Å². The van der Waals surface area contributed by atoms with Crippen LogP contribution in [0.4, 0.5) is 5.82 Å². The number of aromatic nitrogens is 1. The van der Waals surface area contributed by atoms with Crippen LogP contribution < -0.4 is 4.90 Å². The Morgan fingerprint density at radius 3 is 2.36 bits per heavy atom. The van der Waals surface area contributed by atoms with Gasteiger partial charge < -0.3 is 4.90 Å². The van der Waals surface area contributed by atoms with Gasteiger partial charge in [0.25, 0.3) is 0 Å². The first kappa shape index (κ1) is 18.5. The van der Waals surface area contributed by atoms with Gasteiger partial charge in [-0.05, 0) is 36.8 Å². The molecule has 0 atom stereocenters. The van der Waals surface area contributed by atoms with Gasteiger partial charge in [-0.3, -0.25) is 0 Å². The van der Waals surface area contributed by atoms with Crippen LogP contribution in [0.1, 0.15) is 72.3 Å². The first-order chi connectivity index (χ1) is 10.4. The molecule has 1 aromatic rings. The van der Waals surface area contributed by atoms with E-state index in [1.165, 1.54) is 0 Å². The van der Waals surface area contributed by atoms with Crippen molar-refractivity contribution < 1.29 is 0 Å². The molecule has 0 aliphatic heterocycles. The highest BCUT2D eigenvalue weighted by atomic mass is 15.2. The Kier molecular flexibility index (Phi) is 7.38. The second-order valence-electron chi connectivity index (χ2n) is 7.22. The molecule has 0 spiro atoms. The SMILES string of the molecule is CCCC(CCC)N(CCC(C)(C)C)c1ncccc1C#N. The predicted molar refractivity (Wildman–Crippen MR) is 94.0 cm³/mol. The zero-order valence-electron chi connectivity index (χ0n) is 14.9. The first-order valence-corrected chi connectivity index (χ1v) is 8.54. The molecule has 1 aromatic heterocycles. The summed E-state index contributed by atoms with van der Waals surface area (Å²) in [7, 11) is 0. The molecule has 1 rings (SSSR count). The summed E-state index contributed by atoms with van der Waals surface area (Å²) >= 11 is 0. The summed E-state index contributed by atoms with van der Waals surface area (Å²) in [6.07, 6.45) is 7.52. The lowest BCUT2D eigenvalue weighted by Crippen LogP contribution is -2.38. The van der Waals surface area contributed by atoms with Crippen LogP contribution in [0.3, 0.4) is 0 Å². The Labute approximate surface area is 136 Å². The van der Waals surface area contributed by atoms with Crippen LogP contribution >= 0.6 is 0 Å². The van der Waals surface area contributed by atoms with E-state index >= 15 is 0 Å². The molecule has 1 heterocycles.